The van der Waals surface area contributed by atoms with Crippen molar-refractivity contribution in [1.29, 1.82) is 0 Å². The summed E-state index contributed by atoms with van der Waals surface area (Å²) >= 11 is 0. The second kappa shape index (κ2) is 6.99. The average Bonchev–Trinajstić information content (AvgIpc) is 3.25. The molecule has 1 fully saturated rings. The van der Waals surface area contributed by atoms with Gasteiger partial charge in [0.1, 0.15) is 11.3 Å². The van der Waals surface area contributed by atoms with E-state index in [9.17, 15) is 9.18 Å². The Morgan fingerprint density at radius 2 is 2.25 bits per heavy atom. The van der Waals surface area contributed by atoms with Crippen molar-refractivity contribution in [3.63, 3.8) is 0 Å². The highest BCUT2D eigenvalue weighted by Crippen LogP contribution is 2.38. The lowest BCUT2D eigenvalue weighted by Crippen LogP contribution is -2.40. The Hall–Kier alpha value is -3.36. The fraction of sp³-hybridized carbons (Fsp3) is 0.316. The van der Waals surface area contributed by atoms with Crippen LogP contribution in [0.25, 0.3) is 22.4 Å². The van der Waals surface area contributed by atoms with Crippen molar-refractivity contribution in [3.8, 4) is 11.4 Å². The molecule has 2 aromatic heterocycles. The Balaban J connectivity index is 1.83. The van der Waals surface area contributed by atoms with Crippen LogP contribution in [0.3, 0.4) is 0 Å². The lowest BCUT2D eigenvalue weighted by atomic mass is 10.1. The van der Waals surface area contributed by atoms with E-state index in [4.69, 9.17) is 15.8 Å². The van der Waals surface area contributed by atoms with Gasteiger partial charge in [0.05, 0.1) is 28.7 Å². The van der Waals surface area contributed by atoms with Crippen molar-refractivity contribution in [2.24, 2.45) is 7.05 Å². The number of nitrogens with two attached hydrogens (primary N) is 1. The minimum absolute atomic E-state index is 0.00730. The molecule has 1 aliphatic heterocycles. The first-order valence-corrected chi connectivity index (χ1v) is 9.05. The zero-order valence-electron chi connectivity index (χ0n) is 15.4. The predicted molar refractivity (Wildman–Crippen MR) is 105 cm³/mol. The number of nitrogen functional groups attached to an aromatic ring is 1. The van der Waals surface area contributed by atoms with Crippen molar-refractivity contribution in [3.05, 3.63) is 36.4 Å². The number of nitrogens with zero attached hydrogens (tertiary/aromatic N) is 4. The maximum absolute atomic E-state index is 14.3. The van der Waals surface area contributed by atoms with Gasteiger partial charge >= 0.3 is 6.09 Å². The molecule has 4 N–H and O–H groups in total. The maximum Gasteiger partial charge on any atom is 0.404 e. The van der Waals surface area contributed by atoms with Gasteiger partial charge in [-0.25, -0.2) is 14.2 Å². The number of halogens is 1. The number of aryl methyl sites for hydroxylation is 1. The summed E-state index contributed by atoms with van der Waals surface area (Å²) in [7, 11) is 1.83. The van der Waals surface area contributed by atoms with Crippen molar-refractivity contribution in [2.75, 3.05) is 23.7 Å². The van der Waals surface area contributed by atoms with E-state index in [0.717, 1.165) is 36.8 Å². The summed E-state index contributed by atoms with van der Waals surface area (Å²) in [5.41, 5.74) is 9.50. The van der Waals surface area contributed by atoms with E-state index in [0.29, 0.717) is 29.1 Å². The van der Waals surface area contributed by atoms with E-state index in [-0.39, 0.29) is 6.04 Å². The number of carbonyl (C=O) groups is 1. The van der Waals surface area contributed by atoms with Crippen LogP contribution >= 0.6 is 0 Å². The number of carboxylic acid groups (broad SMARTS) is 1. The van der Waals surface area contributed by atoms with Crippen LogP contribution in [0.4, 0.5) is 20.6 Å². The van der Waals surface area contributed by atoms with Gasteiger partial charge in [0, 0.05) is 32.4 Å². The summed E-state index contributed by atoms with van der Waals surface area (Å²) in [6.07, 6.45) is 3.43. The largest absolute Gasteiger partial charge is 0.465 e. The van der Waals surface area contributed by atoms with Crippen LogP contribution in [0.5, 0.6) is 0 Å². The number of anilines is 2. The maximum atomic E-state index is 14.3. The number of fused-ring (bicyclic) bond motifs is 1. The van der Waals surface area contributed by atoms with Gasteiger partial charge in [0.25, 0.3) is 0 Å². The SMILES string of the molecule is Cn1c(-c2ccncc2F)nc2c(N3CCC[C@H]3CNC(=O)O)c(N)ccc21. The van der Waals surface area contributed by atoms with Crippen LogP contribution in [-0.2, 0) is 7.05 Å². The molecule has 0 radical (unpaired) electrons. The van der Waals surface area contributed by atoms with Gasteiger partial charge in [-0.05, 0) is 31.0 Å². The highest BCUT2D eigenvalue weighted by Gasteiger charge is 2.29. The molecule has 146 valence electrons. The van der Waals surface area contributed by atoms with Crippen LogP contribution in [-0.4, -0.2) is 44.9 Å². The van der Waals surface area contributed by atoms with Crippen LogP contribution in [0.2, 0.25) is 0 Å². The number of amides is 1. The third-order valence-corrected chi connectivity index (χ3v) is 5.22. The van der Waals surface area contributed by atoms with Crippen LogP contribution in [0.15, 0.2) is 30.6 Å². The van der Waals surface area contributed by atoms with Gasteiger partial charge in [0.2, 0.25) is 0 Å². The Bertz CT molecular complexity index is 1050. The first-order chi connectivity index (χ1) is 13.5. The van der Waals surface area contributed by atoms with Gasteiger partial charge in [-0.15, -0.1) is 0 Å². The van der Waals surface area contributed by atoms with Gasteiger partial charge < -0.3 is 25.6 Å². The third kappa shape index (κ3) is 2.98. The summed E-state index contributed by atoms with van der Waals surface area (Å²) in [6, 6.07) is 5.26. The zero-order valence-corrected chi connectivity index (χ0v) is 15.4. The standard InChI is InChI=1S/C19H21FN6O2/c1-25-15-5-4-14(21)17(26-8-2-3-11(26)9-23-19(27)28)16(15)24-18(25)12-6-7-22-10-13(12)20/h4-7,10-11,23H,2-3,8-9,21H2,1H3,(H,27,28)/t11-/m0/s1. The van der Waals surface area contributed by atoms with Crippen molar-refractivity contribution in [2.45, 2.75) is 18.9 Å². The molecule has 4 rings (SSSR count). The molecule has 1 atom stereocenters. The number of hydrogen-bond acceptors (Lipinski definition) is 5. The summed E-state index contributed by atoms with van der Waals surface area (Å²) in [5.74, 6) is 0.0429. The van der Waals surface area contributed by atoms with Crippen molar-refractivity contribution in [1.82, 2.24) is 19.9 Å². The van der Waals surface area contributed by atoms with Gasteiger partial charge in [0.15, 0.2) is 5.82 Å². The Labute approximate surface area is 160 Å². The lowest BCUT2D eigenvalue weighted by Gasteiger charge is -2.28. The van der Waals surface area contributed by atoms with E-state index < -0.39 is 11.9 Å². The fourth-order valence-electron chi connectivity index (χ4n) is 3.91. The minimum atomic E-state index is -1.05. The second-order valence-electron chi connectivity index (χ2n) is 6.90. The summed E-state index contributed by atoms with van der Waals surface area (Å²) in [6.45, 7) is 1.06. The predicted octanol–water partition coefficient (Wildman–Crippen LogP) is 2.59. The van der Waals surface area contributed by atoms with Gasteiger partial charge in [-0.2, -0.15) is 0 Å². The normalized spacial score (nSPS) is 16.6. The van der Waals surface area contributed by atoms with E-state index in [1.165, 1.54) is 6.20 Å². The number of hydrogen-bond donors (Lipinski definition) is 3. The molecule has 3 heterocycles. The van der Waals surface area contributed by atoms with Gasteiger partial charge in [-0.1, -0.05) is 0 Å². The van der Waals surface area contributed by atoms with Crippen molar-refractivity contribution < 1.29 is 14.3 Å². The smallest absolute Gasteiger partial charge is 0.404 e. The van der Waals surface area contributed by atoms with E-state index in [1.807, 2.05) is 23.7 Å². The molecule has 1 aromatic carbocycles. The average molecular weight is 384 g/mol. The number of aromatic nitrogens is 3. The topological polar surface area (TPSA) is 109 Å². The first-order valence-electron chi connectivity index (χ1n) is 9.05. The van der Waals surface area contributed by atoms with E-state index in [1.54, 1.807) is 6.07 Å². The molecule has 3 aromatic rings. The molecule has 1 aliphatic rings. The number of nitrogens with one attached hydrogen (secondary N) is 1. The van der Waals surface area contributed by atoms with Crippen LogP contribution < -0.4 is 16.0 Å². The fourth-order valence-corrected chi connectivity index (χ4v) is 3.91. The minimum Gasteiger partial charge on any atom is -0.465 e. The molecular formula is C19H21FN6O2. The van der Waals surface area contributed by atoms with E-state index in [2.05, 4.69) is 15.2 Å². The van der Waals surface area contributed by atoms with Crippen LogP contribution in [0, 0.1) is 5.82 Å². The number of imidazole rings is 1. The molecule has 0 unspecified atom stereocenters. The Morgan fingerprint density at radius 3 is 3.00 bits per heavy atom. The molecule has 8 nitrogen and oxygen atoms in total. The quantitative estimate of drug-likeness (QED) is 0.597. The van der Waals surface area contributed by atoms with Crippen LogP contribution in [0.1, 0.15) is 12.8 Å². The monoisotopic (exact) mass is 384 g/mol. The third-order valence-electron chi connectivity index (χ3n) is 5.22. The zero-order chi connectivity index (χ0) is 19.8. The number of pyridine rings is 1. The molecule has 28 heavy (non-hydrogen) atoms. The molecule has 1 saturated heterocycles. The first kappa shape index (κ1) is 18.0. The Morgan fingerprint density at radius 1 is 1.43 bits per heavy atom. The highest BCUT2D eigenvalue weighted by atomic mass is 19.1. The summed E-state index contributed by atoms with van der Waals surface area (Å²) in [4.78, 5) is 21.5. The highest BCUT2D eigenvalue weighted by molar-refractivity contribution is 5.98. The van der Waals surface area contributed by atoms with Gasteiger partial charge in [-0.3, -0.25) is 4.98 Å². The number of benzene rings is 1. The molecule has 0 spiro atoms. The molecule has 0 saturated carbocycles. The van der Waals surface area contributed by atoms with E-state index >= 15 is 0 Å². The second-order valence-corrected chi connectivity index (χ2v) is 6.90. The molecule has 1 amide bonds. The Kier molecular flexibility index (Phi) is 4.50. The van der Waals surface area contributed by atoms with Crippen molar-refractivity contribution >= 4 is 28.5 Å². The molecule has 0 aliphatic carbocycles. The number of rotatable bonds is 4. The summed E-state index contributed by atoms with van der Waals surface area (Å²) in [5, 5.41) is 11.4. The summed E-state index contributed by atoms with van der Waals surface area (Å²) < 4.78 is 16.1. The molecule has 9 heteroatoms. The molecular weight excluding hydrogens is 363 g/mol. The molecule has 0 bridgehead atoms. The lowest BCUT2D eigenvalue weighted by molar-refractivity contribution is 0.193.